The van der Waals surface area contributed by atoms with Gasteiger partial charge in [-0.25, -0.2) is 14.6 Å². The molecule has 0 spiro atoms. The van der Waals surface area contributed by atoms with Crippen LogP contribution in [0.1, 0.15) is 15.9 Å². The number of ether oxygens (including phenoxy) is 2. The molecule has 0 aliphatic rings. The van der Waals surface area contributed by atoms with Crippen molar-refractivity contribution in [3.05, 3.63) is 91.0 Å². The van der Waals surface area contributed by atoms with E-state index < -0.39 is 17.7 Å². The van der Waals surface area contributed by atoms with E-state index in [9.17, 15) is 14.0 Å². The number of amides is 1. The smallest absolute Gasteiger partial charge is 0.343 e. The van der Waals surface area contributed by atoms with E-state index in [0.717, 1.165) is 10.5 Å². The van der Waals surface area contributed by atoms with E-state index >= 15 is 0 Å². The lowest BCUT2D eigenvalue weighted by atomic mass is 10.2. The fourth-order valence-corrected chi connectivity index (χ4v) is 4.94. The highest BCUT2D eigenvalue weighted by Gasteiger charge is 2.11. The minimum Gasteiger partial charge on any atom is -0.481 e. The highest BCUT2D eigenvalue weighted by molar-refractivity contribution is 9.11. The highest BCUT2D eigenvalue weighted by atomic mass is 79.9. The third-order valence-electron chi connectivity index (χ3n) is 3.84. The van der Waals surface area contributed by atoms with Crippen LogP contribution in [0.15, 0.2) is 79.2 Å². The van der Waals surface area contributed by atoms with E-state index in [-0.39, 0.29) is 17.9 Å². The summed E-state index contributed by atoms with van der Waals surface area (Å²) in [5, 5.41) is 3.88. The first-order valence-electron chi connectivity index (χ1n) is 8.99. The zero-order valence-corrected chi connectivity index (χ0v) is 20.9. The normalized spacial score (nSPS) is 10.8. The molecule has 0 saturated carbocycles. The van der Waals surface area contributed by atoms with Gasteiger partial charge in [-0.05, 0) is 79.9 Å². The molecule has 0 atom stereocenters. The van der Waals surface area contributed by atoms with Crippen LogP contribution >= 0.6 is 47.8 Å². The zero-order chi connectivity index (χ0) is 23.1. The summed E-state index contributed by atoms with van der Waals surface area (Å²) in [7, 11) is 0. The molecular formula is C22H14Br3FN2O4. The van der Waals surface area contributed by atoms with Crippen LogP contribution in [-0.2, 0) is 4.79 Å². The lowest BCUT2D eigenvalue weighted by molar-refractivity contribution is -0.123. The third kappa shape index (κ3) is 6.98. The molecule has 1 amide bonds. The average molecular weight is 629 g/mol. The SMILES string of the molecule is O=C(COc1c(Br)cc(Br)cc1Br)N/N=C/c1cccc(OC(=O)c2cccc(F)c2)c1. The number of hydrazone groups is 1. The Hall–Kier alpha value is -2.56. The molecule has 3 rings (SSSR count). The Morgan fingerprint density at radius 3 is 2.44 bits per heavy atom. The maximum atomic E-state index is 13.3. The minimum atomic E-state index is -0.686. The Labute approximate surface area is 208 Å². The second-order valence-electron chi connectivity index (χ2n) is 6.25. The van der Waals surface area contributed by atoms with Crippen molar-refractivity contribution < 1.29 is 23.5 Å². The Kier molecular flexibility index (Phi) is 8.54. The molecule has 164 valence electrons. The molecular weight excluding hydrogens is 615 g/mol. The fraction of sp³-hybridized carbons (Fsp3) is 0.0455. The van der Waals surface area contributed by atoms with Gasteiger partial charge in [0.25, 0.3) is 5.91 Å². The number of esters is 1. The Morgan fingerprint density at radius 1 is 1.00 bits per heavy atom. The standard InChI is InChI=1S/C22H14Br3FN2O4/c23-15-9-18(24)21(19(25)10-15)31-12-20(29)28-27-11-13-3-1-6-17(7-13)32-22(30)14-4-2-5-16(26)8-14/h1-11H,12H2,(H,28,29)/b27-11+. The first-order valence-corrected chi connectivity index (χ1v) is 11.4. The molecule has 3 aromatic rings. The summed E-state index contributed by atoms with van der Waals surface area (Å²) in [6.07, 6.45) is 1.39. The van der Waals surface area contributed by atoms with Crippen molar-refractivity contribution in [2.45, 2.75) is 0 Å². The van der Waals surface area contributed by atoms with E-state index in [4.69, 9.17) is 9.47 Å². The largest absolute Gasteiger partial charge is 0.481 e. The topological polar surface area (TPSA) is 77.0 Å². The molecule has 1 N–H and O–H groups in total. The summed E-state index contributed by atoms with van der Waals surface area (Å²) in [5.74, 6) is -0.936. The van der Waals surface area contributed by atoms with Crippen molar-refractivity contribution >= 4 is 65.9 Å². The monoisotopic (exact) mass is 626 g/mol. The summed E-state index contributed by atoms with van der Waals surface area (Å²) < 4.78 is 26.2. The summed E-state index contributed by atoms with van der Waals surface area (Å²) in [4.78, 5) is 24.1. The number of benzene rings is 3. The van der Waals surface area contributed by atoms with Crippen LogP contribution in [0.2, 0.25) is 0 Å². The predicted octanol–water partition coefficient (Wildman–Crippen LogP) is 5.86. The lowest BCUT2D eigenvalue weighted by Crippen LogP contribution is -2.24. The van der Waals surface area contributed by atoms with Crippen molar-refractivity contribution in [1.29, 1.82) is 0 Å². The number of nitrogens with zero attached hydrogens (tertiary/aromatic N) is 1. The van der Waals surface area contributed by atoms with Crippen LogP contribution in [-0.4, -0.2) is 24.7 Å². The molecule has 10 heteroatoms. The van der Waals surface area contributed by atoms with Gasteiger partial charge in [0, 0.05) is 4.47 Å². The zero-order valence-electron chi connectivity index (χ0n) is 16.2. The van der Waals surface area contributed by atoms with Gasteiger partial charge in [-0.3, -0.25) is 4.79 Å². The van der Waals surface area contributed by atoms with Crippen molar-refractivity contribution in [1.82, 2.24) is 5.43 Å². The van der Waals surface area contributed by atoms with Crippen molar-refractivity contribution in [2.24, 2.45) is 5.10 Å². The second-order valence-corrected chi connectivity index (χ2v) is 8.88. The fourth-order valence-electron chi connectivity index (χ4n) is 2.46. The molecule has 0 saturated heterocycles. The molecule has 0 heterocycles. The van der Waals surface area contributed by atoms with Crippen LogP contribution in [0.25, 0.3) is 0 Å². The second kappa shape index (κ2) is 11.3. The number of carbonyl (C=O) groups excluding carboxylic acids is 2. The van der Waals surface area contributed by atoms with Gasteiger partial charge in [-0.2, -0.15) is 5.10 Å². The van der Waals surface area contributed by atoms with Gasteiger partial charge in [0.15, 0.2) is 6.61 Å². The molecule has 0 aromatic heterocycles. The van der Waals surface area contributed by atoms with Crippen molar-refractivity contribution in [2.75, 3.05) is 6.61 Å². The van der Waals surface area contributed by atoms with E-state index in [0.29, 0.717) is 20.3 Å². The summed E-state index contributed by atoms with van der Waals surface area (Å²) in [5.41, 5.74) is 3.04. The Bertz CT molecular complexity index is 1160. The van der Waals surface area contributed by atoms with Gasteiger partial charge < -0.3 is 9.47 Å². The Balaban J connectivity index is 1.54. The molecule has 32 heavy (non-hydrogen) atoms. The predicted molar refractivity (Wildman–Crippen MR) is 129 cm³/mol. The van der Waals surface area contributed by atoms with Gasteiger partial charge in [0.05, 0.1) is 20.7 Å². The minimum absolute atomic E-state index is 0.0976. The number of nitrogens with one attached hydrogen (secondary N) is 1. The van der Waals surface area contributed by atoms with Gasteiger partial charge >= 0.3 is 5.97 Å². The molecule has 0 radical (unpaired) electrons. The van der Waals surface area contributed by atoms with Gasteiger partial charge in [-0.1, -0.05) is 34.1 Å². The Morgan fingerprint density at radius 2 is 1.72 bits per heavy atom. The third-order valence-corrected chi connectivity index (χ3v) is 5.48. The lowest BCUT2D eigenvalue weighted by Gasteiger charge is -2.10. The first-order chi connectivity index (χ1) is 15.3. The molecule has 0 fully saturated rings. The van der Waals surface area contributed by atoms with E-state index in [1.807, 2.05) is 0 Å². The van der Waals surface area contributed by atoms with Gasteiger partial charge in [0.2, 0.25) is 0 Å². The molecule has 0 aliphatic heterocycles. The van der Waals surface area contributed by atoms with E-state index in [1.54, 1.807) is 36.4 Å². The maximum Gasteiger partial charge on any atom is 0.343 e. The van der Waals surface area contributed by atoms with E-state index in [1.165, 1.54) is 24.4 Å². The quantitative estimate of drug-likeness (QED) is 0.154. The number of hydrogen-bond acceptors (Lipinski definition) is 5. The number of carbonyl (C=O) groups is 2. The number of halogens is 4. The van der Waals surface area contributed by atoms with Crippen LogP contribution in [0, 0.1) is 5.82 Å². The molecule has 0 unspecified atom stereocenters. The number of rotatable bonds is 7. The molecule has 0 aliphatic carbocycles. The van der Waals surface area contributed by atoms with Crippen LogP contribution < -0.4 is 14.9 Å². The van der Waals surface area contributed by atoms with E-state index in [2.05, 4.69) is 58.3 Å². The molecule has 3 aromatic carbocycles. The number of hydrogen-bond donors (Lipinski definition) is 1. The molecule has 0 bridgehead atoms. The highest BCUT2D eigenvalue weighted by Crippen LogP contribution is 2.36. The summed E-state index contributed by atoms with van der Waals surface area (Å²) in [6, 6.07) is 15.3. The van der Waals surface area contributed by atoms with Crippen molar-refractivity contribution in [3.63, 3.8) is 0 Å². The average Bonchev–Trinajstić information content (AvgIpc) is 2.73. The first kappa shape index (κ1) is 24.1. The van der Waals surface area contributed by atoms with Crippen LogP contribution in [0.5, 0.6) is 11.5 Å². The van der Waals surface area contributed by atoms with Gasteiger partial charge in [-0.15, -0.1) is 0 Å². The van der Waals surface area contributed by atoms with Gasteiger partial charge in [0.1, 0.15) is 17.3 Å². The molecule has 6 nitrogen and oxygen atoms in total. The van der Waals surface area contributed by atoms with Crippen LogP contribution in [0.4, 0.5) is 4.39 Å². The maximum absolute atomic E-state index is 13.3. The van der Waals surface area contributed by atoms with Crippen LogP contribution in [0.3, 0.4) is 0 Å². The van der Waals surface area contributed by atoms with Crippen molar-refractivity contribution in [3.8, 4) is 11.5 Å². The summed E-state index contributed by atoms with van der Waals surface area (Å²) >= 11 is 10.1. The summed E-state index contributed by atoms with van der Waals surface area (Å²) in [6.45, 7) is -0.249.